The van der Waals surface area contributed by atoms with Crippen LogP contribution in [0.5, 0.6) is 0 Å². The Morgan fingerprint density at radius 3 is 2.82 bits per heavy atom. The van der Waals surface area contributed by atoms with Gasteiger partial charge in [-0.3, -0.25) is 4.79 Å². The Balaban J connectivity index is 1.58. The first-order valence-electron chi connectivity index (χ1n) is 6.83. The van der Waals surface area contributed by atoms with Crippen LogP contribution >= 0.6 is 11.3 Å². The summed E-state index contributed by atoms with van der Waals surface area (Å²) in [6.07, 6.45) is 3.28. The van der Waals surface area contributed by atoms with Crippen LogP contribution in [-0.2, 0) is 16.1 Å². The van der Waals surface area contributed by atoms with E-state index in [1.807, 2.05) is 23.6 Å². The molecule has 1 aromatic carbocycles. The highest BCUT2D eigenvalue weighted by Crippen LogP contribution is 2.26. The van der Waals surface area contributed by atoms with E-state index in [0.29, 0.717) is 5.95 Å². The Morgan fingerprint density at radius 1 is 1.23 bits per heavy atom. The fraction of sp³-hybridized carbons (Fsp3) is 0.188. The van der Waals surface area contributed by atoms with Gasteiger partial charge in [0.1, 0.15) is 13.2 Å². The Kier molecular flexibility index (Phi) is 4.29. The minimum Gasteiger partial charge on any atom is -0.459 e. The fourth-order valence-corrected chi connectivity index (χ4v) is 3.05. The van der Waals surface area contributed by atoms with Gasteiger partial charge in [0.2, 0.25) is 5.95 Å². The number of hydrogen-bond acceptors (Lipinski definition) is 6. The number of rotatable bonds is 5. The molecule has 0 saturated carbocycles. The molecule has 0 amide bonds. The van der Waals surface area contributed by atoms with Gasteiger partial charge in [-0.25, -0.2) is 9.97 Å². The van der Waals surface area contributed by atoms with Gasteiger partial charge in [0.15, 0.2) is 0 Å². The van der Waals surface area contributed by atoms with Crippen LogP contribution in [0.2, 0.25) is 0 Å². The van der Waals surface area contributed by atoms with Crippen LogP contribution in [-0.4, -0.2) is 29.5 Å². The predicted octanol–water partition coefficient (Wildman–Crippen LogP) is 2.87. The molecule has 5 nitrogen and oxygen atoms in total. The third-order valence-corrected chi connectivity index (χ3v) is 4.22. The number of ether oxygens (including phenoxy) is 1. The smallest absolute Gasteiger partial charge is 0.325 e. The first kappa shape index (κ1) is 14.5. The third-order valence-electron chi connectivity index (χ3n) is 3.21. The van der Waals surface area contributed by atoms with Crippen molar-refractivity contribution in [1.29, 1.82) is 0 Å². The molecular weight excluding hydrogens is 298 g/mol. The predicted molar refractivity (Wildman–Crippen MR) is 86.9 cm³/mol. The standard InChI is InChI=1S/C16H15N3O2S/c1-19(16-17-7-4-8-18-16)9-15(20)21-10-12-11-22-14-6-3-2-5-13(12)14/h2-8,11H,9-10H2,1H3. The monoisotopic (exact) mass is 313 g/mol. The molecule has 112 valence electrons. The van der Waals surface area contributed by atoms with Crippen LogP contribution in [0.25, 0.3) is 10.1 Å². The van der Waals surface area contributed by atoms with Gasteiger partial charge >= 0.3 is 5.97 Å². The van der Waals surface area contributed by atoms with E-state index in [1.165, 1.54) is 4.70 Å². The van der Waals surface area contributed by atoms with Crippen molar-refractivity contribution in [2.45, 2.75) is 6.61 Å². The van der Waals surface area contributed by atoms with E-state index in [4.69, 9.17) is 4.74 Å². The first-order chi connectivity index (χ1) is 10.7. The second kappa shape index (κ2) is 6.53. The van der Waals surface area contributed by atoms with Crippen molar-refractivity contribution in [3.8, 4) is 0 Å². The molecule has 0 N–H and O–H groups in total. The van der Waals surface area contributed by atoms with Crippen LogP contribution in [0.1, 0.15) is 5.56 Å². The van der Waals surface area contributed by atoms with Crippen LogP contribution in [0, 0.1) is 0 Å². The summed E-state index contributed by atoms with van der Waals surface area (Å²) in [7, 11) is 1.76. The fourth-order valence-electron chi connectivity index (χ4n) is 2.10. The summed E-state index contributed by atoms with van der Waals surface area (Å²) in [5.74, 6) is 0.200. The molecule has 0 aliphatic rings. The Bertz CT molecular complexity index is 773. The first-order valence-corrected chi connectivity index (χ1v) is 7.71. The van der Waals surface area contributed by atoms with Gasteiger partial charge in [0.25, 0.3) is 0 Å². The molecule has 0 unspecified atom stereocenters. The van der Waals surface area contributed by atoms with Crippen molar-refractivity contribution < 1.29 is 9.53 Å². The van der Waals surface area contributed by atoms with E-state index < -0.39 is 0 Å². The zero-order valence-electron chi connectivity index (χ0n) is 12.1. The lowest BCUT2D eigenvalue weighted by atomic mass is 10.2. The summed E-state index contributed by atoms with van der Waals surface area (Å²) >= 11 is 1.65. The molecule has 0 bridgehead atoms. The van der Waals surface area contributed by atoms with Crippen LogP contribution < -0.4 is 4.90 Å². The van der Waals surface area contributed by atoms with Gasteiger partial charge in [0.05, 0.1) is 0 Å². The molecule has 6 heteroatoms. The number of hydrogen-bond donors (Lipinski definition) is 0. The summed E-state index contributed by atoms with van der Waals surface area (Å²) in [5, 5.41) is 3.17. The number of nitrogens with zero attached hydrogens (tertiary/aromatic N) is 3. The molecule has 0 saturated heterocycles. The van der Waals surface area contributed by atoms with Gasteiger partial charge in [-0.2, -0.15) is 0 Å². The van der Waals surface area contributed by atoms with E-state index in [-0.39, 0.29) is 19.1 Å². The average Bonchev–Trinajstić information content (AvgIpc) is 2.97. The molecule has 0 atom stereocenters. The van der Waals surface area contributed by atoms with E-state index >= 15 is 0 Å². The lowest BCUT2D eigenvalue weighted by Gasteiger charge is -2.15. The van der Waals surface area contributed by atoms with E-state index in [9.17, 15) is 4.79 Å². The quantitative estimate of drug-likeness (QED) is 0.678. The number of anilines is 1. The summed E-state index contributed by atoms with van der Waals surface area (Å²) in [6.45, 7) is 0.401. The normalized spacial score (nSPS) is 10.6. The van der Waals surface area contributed by atoms with E-state index in [2.05, 4.69) is 16.0 Å². The van der Waals surface area contributed by atoms with Gasteiger partial charge in [-0.15, -0.1) is 11.3 Å². The van der Waals surface area contributed by atoms with E-state index in [0.717, 1.165) is 10.9 Å². The molecule has 0 spiro atoms. The molecule has 3 rings (SSSR count). The maximum atomic E-state index is 11.9. The van der Waals surface area contributed by atoms with Crippen molar-refractivity contribution in [2.24, 2.45) is 0 Å². The number of carbonyl (C=O) groups excluding carboxylic acids is 1. The van der Waals surface area contributed by atoms with Gasteiger partial charge in [0, 0.05) is 29.7 Å². The average molecular weight is 313 g/mol. The molecule has 0 fully saturated rings. The Morgan fingerprint density at radius 2 is 2.00 bits per heavy atom. The SMILES string of the molecule is CN(CC(=O)OCc1csc2ccccc12)c1ncccn1. The maximum absolute atomic E-state index is 11.9. The largest absolute Gasteiger partial charge is 0.459 e. The highest BCUT2D eigenvalue weighted by atomic mass is 32.1. The summed E-state index contributed by atoms with van der Waals surface area (Å²) < 4.78 is 6.55. The topological polar surface area (TPSA) is 55.3 Å². The molecule has 0 radical (unpaired) electrons. The lowest BCUT2D eigenvalue weighted by molar-refractivity contribution is -0.143. The number of esters is 1. The summed E-state index contributed by atoms with van der Waals surface area (Å²) in [4.78, 5) is 21.8. The Labute approximate surface area is 132 Å². The number of aromatic nitrogens is 2. The number of benzene rings is 1. The highest BCUT2D eigenvalue weighted by molar-refractivity contribution is 7.17. The molecule has 2 aromatic heterocycles. The van der Waals surface area contributed by atoms with Crippen LogP contribution in [0.3, 0.4) is 0 Å². The second-order valence-corrected chi connectivity index (χ2v) is 5.73. The van der Waals surface area contributed by atoms with Gasteiger partial charge in [-0.05, 0) is 22.9 Å². The zero-order valence-corrected chi connectivity index (χ0v) is 12.9. The van der Waals surface area contributed by atoms with Crippen molar-refractivity contribution in [1.82, 2.24) is 9.97 Å². The minimum atomic E-state index is -0.301. The number of fused-ring (bicyclic) bond motifs is 1. The van der Waals surface area contributed by atoms with Gasteiger partial charge in [-0.1, -0.05) is 18.2 Å². The third kappa shape index (κ3) is 3.23. The number of likely N-dealkylation sites (N-methyl/N-ethyl adjacent to an activating group) is 1. The highest BCUT2D eigenvalue weighted by Gasteiger charge is 2.12. The number of thiophene rings is 1. The van der Waals surface area contributed by atoms with Crippen LogP contribution in [0.15, 0.2) is 48.1 Å². The van der Waals surface area contributed by atoms with Crippen molar-refractivity contribution >= 4 is 33.3 Å². The molecule has 3 aromatic rings. The minimum absolute atomic E-state index is 0.117. The second-order valence-electron chi connectivity index (χ2n) is 4.82. The molecule has 0 aliphatic carbocycles. The maximum Gasteiger partial charge on any atom is 0.325 e. The lowest BCUT2D eigenvalue weighted by Crippen LogP contribution is -2.28. The molecule has 22 heavy (non-hydrogen) atoms. The molecule has 0 aliphatic heterocycles. The summed E-state index contributed by atoms with van der Waals surface area (Å²) in [5.41, 5.74) is 1.03. The number of carbonyl (C=O) groups is 1. The summed E-state index contributed by atoms with van der Waals surface area (Å²) in [6, 6.07) is 9.83. The molecule has 2 heterocycles. The van der Waals surface area contributed by atoms with Gasteiger partial charge < -0.3 is 9.64 Å². The van der Waals surface area contributed by atoms with Crippen molar-refractivity contribution in [3.05, 3.63) is 53.7 Å². The zero-order chi connectivity index (χ0) is 15.4. The van der Waals surface area contributed by atoms with E-state index in [1.54, 1.807) is 41.7 Å². The Hall–Kier alpha value is -2.47. The van der Waals surface area contributed by atoms with Crippen molar-refractivity contribution in [2.75, 3.05) is 18.5 Å². The van der Waals surface area contributed by atoms with Crippen LogP contribution in [0.4, 0.5) is 5.95 Å². The molecular formula is C16H15N3O2S. The van der Waals surface area contributed by atoms with Crippen molar-refractivity contribution in [3.63, 3.8) is 0 Å².